The first kappa shape index (κ1) is 15.0. The van der Waals surface area contributed by atoms with Gasteiger partial charge in [0.2, 0.25) is 5.91 Å². The van der Waals surface area contributed by atoms with Gasteiger partial charge < -0.3 is 10.2 Å². The van der Waals surface area contributed by atoms with Crippen LogP contribution in [-0.2, 0) is 4.79 Å². The predicted molar refractivity (Wildman–Crippen MR) is 83.3 cm³/mol. The van der Waals surface area contributed by atoms with Crippen LogP contribution >= 0.6 is 15.9 Å². The molecule has 2 heterocycles. The molecule has 2 saturated heterocycles. The van der Waals surface area contributed by atoms with Gasteiger partial charge in [-0.3, -0.25) is 14.5 Å². The molecule has 1 aromatic rings. The van der Waals surface area contributed by atoms with E-state index >= 15 is 0 Å². The summed E-state index contributed by atoms with van der Waals surface area (Å²) in [6.07, 6.45) is 1.24. The van der Waals surface area contributed by atoms with E-state index in [2.05, 4.69) is 21.2 Å². The number of hydrogen-bond acceptors (Lipinski definition) is 3. The Hall–Kier alpha value is -1.89. The first-order valence-corrected chi connectivity index (χ1v) is 8.01. The average Bonchev–Trinajstić information content (AvgIpc) is 2.86. The van der Waals surface area contributed by atoms with Gasteiger partial charge in [0.15, 0.2) is 0 Å². The summed E-state index contributed by atoms with van der Waals surface area (Å²) in [7, 11) is 0. The molecule has 0 radical (unpaired) electrons. The van der Waals surface area contributed by atoms with Crippen molar-refractivity contribution in [1.29, 1.82) is 0 Å². The van der Waals surface area contributed by atoms with Gasteiger partial charge in [-0.05, 0) is 40.9 Å². The molecule has 116 valence electrons. The number of imide groups is 1. The maximum Gasteiger partial charge on any atom is 0.324 e. The molecular formula is C15H16BrN3O3. The lowest BCUT2D eigenvalue weighted by Gasteiger charge is -2.35. The van der Waals surface area contributed by atoms with Crippen LogP contribution in [0.1, 0.15) is 23.2 Å². The Morgan fingerprint density at radius 3 is 2.45 bits per heavy atom. The molecule has 3 rings (SSSR count). The van der Waals surface area contributed by atoms with Gasteiger partial charge in [0.25, 0.3) is 5.91 Å². The molecule has 0 aromatic heterocycles. The normalized spacial score (nSPS) is 19.5. The molecule has 6 nitrogen and oxygen atoms in total. The average molecular weight is 366 g/mol. The van der Waals surface area contributed by atoms with Gasteiger partial charge in [-0.25, -0.2) is 4.79 Å². The Morgan fingerprint density at radius 1 is 1.18 bits per heavy atom. The van der Waals surface area contributed by atoms with Crippen molar-refractivity contribution in [2.45, 2.75) is 18.9 Å². The smallest absolute Gasteiger partial charge is 0.324 e. The molecule has 0 bridgehead atoms. The number of rotatable bonds is 2. The quantitative estimate of drug-likeness (QED) is 0.809. The zero-order valence-electron chi connectivity index (χ0n) is 11.9. The molecule has 2 fully saturated rings. The fourth-order valence-electron chi connectivity index (χ4n) is 2.94. The molecule has 1 aromatic carbocycles. The van der Waals surface area contributed by atoms with Crippen molar-refractivity contribution in [3.8, 4) is 0 Å². The number of piperidine rings is 1. The SMILES string of the molecule is O=C(c1ccccc1Br)N1CCC(N2C(=O)CNC2=O)CC1. The van der Waals surface area contributed by atoms with E-state index < -0.39 is 0 Å². The number of carbonyl (C=O) groups excluding carboxylic acids is 3. The van der Waals surface area contributed by atoms with Gasteiger partial charge in [-0.2, -0.15) is 0 Å². The van der Waals surface area contributed by atoms with Gasteiger partial charge in [0, 0.05) is 23.6 Å². The minimum atomic E-state index is -0.319. The largest absolute Gasteiger partial charge is 0.338 e. The maximum atomic E-state index is 12.5. The van der Waals surface area contributed by atoms with Gasteiger partial charge in [-0.1, -0.05) is 12.1 Å². The summed E-state index contributed by atoms with van der Waals surface area (Å²) in [5, 5.41) is 2.53. The van der Waals surface area contributed by atoms with Crippen LogP contribution < -0.4 is 5.32 Å². The van der Waals surface area contributed by atoms with E-state index in [1.807, 2.05) is 18.2 Å². The molecule has 0 spiro atoms. The van der Waals surface area contributed by atoms with Crippen LogP contribution in [0.15, 0.2) is 28.7 Å². The van der Waals surface area contributed by atoms with Crippen molar-refractivity contribution >= 4 is 33.8 Å². The molecular weight excluding hydrogens is 350 g/mol. The second-order valence-corrected chi connectivity index (χ2v) is 6.28. The fraction of sp³-hybridized carbons (Fsp3) is 0.400. The minimum Gasteiger partial charge on any atom is -0.338 e. The van der Waals surface area contributed by atoms with Crippen molar-refractivity contribution in [3.05, 3.63) is 34.3 Å². The molecule has 0 saturated carbocycles. The number of urea groups is 1. The van der Waals surface area contributed by atoms with Crippen LogP contribution in [-0.4, -0.2) is 53.3 Å². The highest BCUT2D eigenvalue weighted by Crippen LogP contribution is 2.23. The number of benzene rings is 1. The number of halogens is 1. The Balaban J connectivity index is 1.65. The zero-order valence-corrected chi connectivity index (χ0v) is 13.5. The molecule has 7 heteroatoms. The third-order valence-corrected chi connectivity index (χ3v) is 4.79. The second-order valence-electron chi connectivity index (χ2n) is 5.43. The van der Waals surface area contributed by atoms with Crippen molar-refractivity contribution in [1.82, 2.24) is 15.1 Å². The summed E-state index contributed by atoms with van der Waals surface area (Å²) < 4.78 is 0.774. The van der Waals surface area contributed by atoms with E-state index in [9.17, 15) is 14.4 Å². The topological polar surface area (TPSA) is 69.7 Å². The van der Waals surface area contributed by atoms with Crippen LogP contribution in [0.25, 0.3) is 0 Å². The van der Waals surface area contributed by atoms with Crippen molar-refractivity contribution in [2.75, 3.05) is 19.6 Å². The van der Waals surface area contributed by atoms with Crippen molar-refractivity contribution < 1.29 is 14.4 Å². The zero-order chi connectivity index (χ0) is 15.7. The standard InChI is InChI=1S/C15H16BrN3O3/c16-12-4-2-1-3-11(12)14(21)18-7-5-10(6-8-18)19-13(20)9-17-15(19)22/h1-4,10H,5-9H2,(H,17,22). The van der Waals surface area contributed by atoms with E-state index in [1.165, 1.54) is 4.90 Å². The first-order valence-electron chi connectivity index (χ1n) is 7.21. The lowest BCUT2D eigenvalue weighted by atomic mass is 10.0. The van der Waals surface area contributed by atoms with Gasteiger partial charge >= 0.3 is 6.03 Å². The van der Waals surface area contributed by atoms with Crippen LogP contribution in [0.2, 0.25) is 0 Å². The highest BCUT2D eigenvalue weighted by atomic mass is 79.9. The van der Waals surface area contributed by atoms with E-state index in [1.54, 1.807) is 11.0 Å². The van der Waals surface area contributed by atoms with E-state index in [0.717, 1.165) is 4.47 Å². The molecule has 0 aliphatic carbocycles. The second kappa shape index (κ2) is 6.08. The molecule has 4 amide bonds. The van der Waals surface area contributed by atoms with Gasteiger partial charge in [-0.15, -0.1) is 0 Å². The highest BCUT2D eigenvalue weighted by molar-refractivity contribution is 9.10. The fourth-order valence-corrected chi connectivity index (χ4v) is 3.39. The molecule has 22 heavy (non-hydrogen) atoms. The monoisotopic (exact) mass is 365 g/mol. The molecule has 0 atom stereocenters. The molecule has 1 N–H and O–H groups in total. The van der Waals surface area contributed by atoms with Crippen molar-refractivity contribution in [2.24, 2.45) is 0 Å². The lowest BCUT2D eigenvalue weighted by molar-refractivity contribution is -0.127. The Kier molecular flexibility index (Phi) is 4.15. The molecule has 2 aliphatic heterocycles. The van der Waals surface area contributed by atoms with Crippen LogP contribution in [0, 0.1) is 0 Å². The van der Waals surface area contributed by atoms with E-state index in [-0.39, 0.29) is 30.4 Å². The van der Waals surface area contributed by atoms with Crippen LogP contribution in [0.3, 0.4) is 0 Å². The highest BCUT2D eigenvalue weighted by Gasteiger charge is 2.37. The van der Waals surface area contributed by atoms with Gasteiger partial charge in [0.05, 0.1) is 12.1 Å². The van der Waals surface area contributed by atoms with Crippen LogP contribution in [0.5, 0.6) is 0 Å². The Morgan fingerprint density at radius 2 is 1.86 bits per heavy atom. The summed E-state index contributed by atoms with van der Waals surface area (Å²) in [6, 6.07) is 6.89. The molecule has 0 unspecified atom stereocenters. The summed E-state index contributed by atoms with van der Waals surface area (Å²) in [5.41, 5.74) is 0.635. The third kappa shape index (κ3) is 2.72. The van der Waals surface area contributed by atoms with E-state index in [4.69, 9.17) is 0 Å². The minimum absolute atomic E-state index is 0.0249. The van der Waals surface area contributed by atoms with Gasteiger partial charge in [0.1, 0.15) is 0 Å². The number of hydrogen-bond donors (Lipinski definition) is 1. The van der Waals surface area contributed by atoms with Crippen molar-refractivity contribution in [3.63, 3.8) is 0 Å². The lowest BCUT2D eigenvalue weighted by Crippen LogP contribution is -2.49. The number of likely N-dealkylation sites (tertiary alicyclic amines) is 1. The Labute approximate surface area is 136 Å². The first-order chi connectivity index (χ1) is 10.6. The Bertz CT molecular complexity index is 610. The summed E-state index contributed by atoms with van der Waals surface area (Å²) >= 11 is 3.39. The number of nitrogens with zero attached hydrogens (tertiary/aromatic N) is 2. The number of amides is 4. The maximum absolute atomic E-state index is 12.5. The molecule has 2 aliphatic rings. The summed E-state index contributed by atoms with van der Waals surface area (Å²) in [4.78, 5) is 39.0. The third-order valence-electron chi connectivity index (χ3n) is 4.10. The number of carbonyl (C=O) groups is 3. The van der Waals surface area contributed by atoms with Crippen LogP contribution in [0.4, 0.5) is 4.79 Å². The summed E-state index contributed by atoms with van der Waals surface area (Å²) in [5.74, 6) is -0.205. The predicted octanol–water partition coefficient (Wildman–Crippen LogP) is 1.61. The summed E-state index contributed by atoms with van der Waals surface area (Å²) in [6.45, 7) is 1.17. The van der Waals surface area contributed by atoms with E-state index in [0.29, 0.717) is 31.5 Å². The number of nitrogens with one attached hydrogen (secondary N) is 1.